The van der Waals surface area contributed by atoms with Gasteiger partial charge in [-0.25, -0.2) is 0 Å². The van der Waals surface area contributed by atoms with Gasteiger partial charge < -0.3 is 10.5 Å². The first kappa shape index (κ1) is 12.0. The monoisotopic (exact) mass is 245 g/mol. The molecule has 1 aromatic rings. The zero-order valence-electron chi connectivity index (χ0n) is 11.5. The molecule has 0 unspecified atom stereocenters. The van der Waals surface area contributed by atoms with Crippen LogP contribution < -0.4 is 10.5 Å². The average Bonchev–Trinajstić information content (AvgIpc) is 2.62. The van der Waals surface area contributed by atoms with E-state index in [0.717, 1.165) is 25.0 Å². The largest absolute Gasteiger partial charge is 0.487 e. The van der Waals surface area contributed by atoms with Crippen LogP contribution >= 0.6 is 0 Å². The highest BCUT2D eigenvalue weighted by molar-refractivity contribution is 5.43. The number of hydrogen-bond donors (Lipinski definition) is 1. The zero-order valence-corrected chi connectivity index (χ0v) is 11.5. The van der Waals surface area contributed by atoms with Crippen molar-refractivity contribution in [3.05, 3.63) is 29.3 Å². The van der Waals surface area contributed by atoms with Gasteiger partial charge in [0.1, 0.15) is 11.4 Å². The molecule has 98 valence electrons. The van der Waals surface area contributed by atoms with Gasteiger partial charge >= 0.3 is 0 Å². The Morgan fingerprint density at radius 2 is 1.83 bits per heavy atom. The smallest absolute Gasteiger partial charge is 0.123 e. The topological polar surface area (TPSA) is 35.2 Å². The summed E-state index contributed by atoms with van der Waals surface area (Å²) in [6.45, 7) is 4.29. The number of ether oxygens (including phenoxy) is 1. The van der Waals surface area contributed by atoms with E-state index >= 15 is 0 Å². The SMILES string of the molecule is CC1(C)Cc2cc(C3(N)CCCCC3)ccc2O1. The molecule has 1 aromatic carbocycles. The summed E-state index contributed by atoms with van der Waals surface area (Å²) in [5.41, 5.74) is 9.08. The summed E-state index contributed by atoms with van der Waals surface area (Å²) >= 11 is 0. The highest BCUT2D eigenvalue weighted by atomic mass is 16.5. The fourth-order valence-corrected chi connectivity index (χ4v) is 3.39. The molecular formula is C16H23NO. The van der Waals surface area contributed by atoms with Gasteiger partial charge in [-0.15, -0.1) is 0 Å². The molecule has 2 N–H and O–H groups in total. The lowest BCUT2D eigenvalue weighted by Crippen LogP contribution is -2.38. The van der Waals surface area contributed by atoms with Crippen LogP contribution in [0, 0.1) is 0 Å². The maximum atomic E-state index is 6.60. The van der Waals surface area contributed by atoms with Crippen molar-refractivity contribution >= 4 is 0 Å². The highest BCUT2D eigenvalue weighted by Crippen LogP contribution is 2.40. The fraction of sp³-hybridized carbons (Fsp3) is 0.625. The minimum atomic E-state index is -0.0972. The molecular weight excluding hydrogens is 222 g/mol. The molecule has 2 aliphatic rings. The molecule has 0 atom stereocenters. The second-order valence-electron chi connectivity index (χ2n) is 6.58. The molecule has 18 heavy (non-hydrogen) atoms. The van der Waals surface area contributed by atoms with Crippen molar-refractivity contribution in [2.75, 3.05) is 0 Å². The Balaban J connectivity index is 1.92. The molecule has 1 fully saturated rings. The third-order valence-electron chi connectivity index (χ3n) is 4.38. The minimum absolute atomic E-state index is 0.0602. The van der Waals surface area contributed by atoms with Crippen LogP contribution in [0.1, 0.15) is 57.1 Å². The zero-order chi connectivity index (χ0) is 12.8. The number of nitrogens with two attached hydrogens (primary N) is 1. The first-order valence-corrected chi connectivity index (χ1v) is 7.10. The van der Waals surface area contributed by atoms with Crippen molar-refractivity contribution in [3.63, 3.8) is 0 Å². The van der Waals surface area contributed by atoms with Gasteiger partial charge in [-0.05, 0) is 43.9 Å². The lowest BCUT2D eigenvalue weighted by atomic mass is 9.77. The molecule has 3 rings (SSSR count). The predicted molar refractivity (Wildman–Crippen MR) is 73.8 cm³/mol. The van der Waals surface area contributed by atoms with E-state index in [1.165, 1.54) is 30.4 Å². The lowest BCUT2D eigenvalue weighted by Gasteiger charge is -2.34. The Morgan fingerprint density at radius 3 is 2.56 bits per heavy atom. The summed E-state index contributed by atoms with van der Waals surface area (Å²) in [6.07, 6.45) is 7.09. The van der Waals surface area contributed by atoms with E-state index in [1.54, 1.807) is 0 Å². The maximum Gasteiger partial charge on any atom is 0.123 e. The molecule has 1 aliphatic carbocycles. The Kier molecular flexibility index (Phi) is 2.67. The van der Waals surface area contributed by atoms with Gasteiger partial charge in [0.25, 0.3) is 0 Å². The van der Waals surface area contributed by atoms with Crippen molar-refractivity contribution in [2.45, 2.75) is 63.5 Å². The van der Waals surface area contributed by atoms with Gasteiger partial charge in [0, 0.05) is 12.0 Å². The van der Waals surface area contributed by atoms with Crippen molar-refractivity contribution in [1.82, 2.24) is 0 Å². The highest BCUT2D eigenvalue weighted by Gasteiger charge is 2.34. The van der Waals surface area contributed by atoms with E-state index in [2.05, 4.69) is 32.0 Å². The number of hydrogen-bond acceptors (Lipinski definition) is 2. The number of rotatable bonds is 1. The van der Waals surface area contributed by atoms with Crippen LogP contribution in [0.15, 0.2) is 18.2 Å². The van der Waals surface area contributed by atoms with E-state index in [1.807, 2.05) is 0 Å². The van der Waals surface area contributed by atoms with E-state index in [4.69, 9.17) is 10.5 Å². The summed E-state index contributed by atoms with van der Waals surface area (Å²) in [6, 6.07) is 6.57. The average molecular weight is 245 g/mol. The van der Waals surface area contributed by atoms with Gasteiger partial charge in [0.2, 0.25) is 0 Å². The Hall–Kier alpha value is -1.02. The van der Waals surface area contributed by atoms with Crippen LogP contribution in [0.25, 0.3) is 0 Å². The van der Waals surface area contributed by atoms with Crippen LogP contribution in [-0.2, 0) is 12.0 Å². The van der Waals surface area contributed by atoms with Crippen molar-refractivity contribution < 1.29 is 4.74 Å². The van der Waals surface area contributed by atoms with E-state index < -0.39 is 0 Å². The predicted octanol–water partition coefficient (Wildman–Crippen LogP) is 3.52. The molecule has 2 heteroatoms. The second kappa shape index (κ2) is 3.99. The van der Waals surface area contributed by atoms with Crippen LogP contribution in [0.5, 0.6) is 5.75 Å². The normalized spacial score (nSPS) is 24.4. The van der Waals surface area contributed by atoms with Gasteiger partial charge in [-0.2, -0.15) is 0 Å². The molecule has 0 amide bonds. The second-order valence-corrected chi connectivity index (χ2v) is 6.58. The van der Waals surface area contributed by atoms with Crippen molar-refractivity contribution in [2.24, 2.45) is 5.73 Å². The molecule has 0 spiro atoms. The van der Waals surface area contributed by atoms with Crippen molar-refractivity contribution in [3.8, 4) is 5.75 Å². The molecule has 1 saturated carbocycles. The van der Waals surface area contributed by atoms with Crippen LogP contribution in [-0.4, -0.2) is 5.60 Å². The molecule has 0 radical (unpaired) electrons. The Labute approximate surface area is 110 Å². The van der Waals surface area contributed by atoms with Gasteiger partial charge in [0.15, 0.2) is 0 Å². The summed E-state index contributed by atoms with van der Waals surface area (Å²) < 4.78 is 5.93. The first-order chi connectivity index (χ1) is 8.49. The quantitative estimate of drug-likeness (QED) is 0.821. The number of fused-ring (bicyclic) bond motifs is 1. The van der Waals surface area contributed by atoms with Gasteiger partial charge in [0.05, 0.1) is 0 Å². The Bertz CT molecular complexity index is 458. The molecule has 1 aliphatic heterocycles. The lowest BCUT2D eigenvalue weighted by molar-refractivity contribution is 0.138. The fourth-order valence-electron chi connectivity index (χ4n) is 3.39. The third-order valence-corrected chi connectivity index (χ3v) is 4.38. The molecule has 0 aromatic heterocycles. The van der Waals surface area contributed by atoms with E-state index in [-0.39, 0.29) is 11.1 Å². The first-order valence-electron chi connectivity index (χ1n) is 7.10. The minimum Gasteiger partial charge on any atom is -0.487 e. The molecule has 2 nitrogen and oxygen atoms in total. The maximum absolute atomic E-state index is 6.60. The standard InChI is InChI=1S/C16H23NO/c1-15(2)11-12-10-13(6-7-14(12)18-15)16(17)8-4-3-5-9-16/h6-7,10H,3-5,8-9,11,17H2,1-2H3. The summed E-state index contributed by atoms with van der Waals surface area (Å²) in [5.74, 6) is 1.04. The van der Waals surface area contributed by atoms with E-state index in [0.29, 0.717) is 0 Å². The van der Waals surface area contributed by atoms with Gasteiger partial charge in [-0.3, -0.25) is 0 Å². The van der Waals surface area contributed by atoms with Gasteiger partial charge in [-0.1, -0.05) is 31.4 Å². The summed E-state index contributed by atoms with van der Waals surface area (Å²) in [4.78, 5) is 0. The van der Waals surface area contributed by atoms with Crippen molar-refractivity contribution in [1.29, 1.82) is 0 Å². The van der Waals surface area contributed by atoms with Crippen LogP contribution in [0.4, 0.5) is 0 Å². The summed E-state index contributed by atoms with van der Waals surface area (Å²) in [5, 5.41) is 0. The summed E-state index contributed by atoms with van der Waals surface area (Å²) in [7, 11) is 0. The molecule has 0 saturated heterocycles. The molecule has 1 heterocycles. The Morgan fingerprint density at radius 1 is 1.11 bits per heavy atom. The number of benzene rings is 1. The molecule has 0 bridgehead atoms. The van der Waals surface area contributed by atoms with E-state index in [9.17, 15) is 0 Å². The van der Waals surface area contributed by atoms with Crippen LogP contribution in [0.2, 0.25) is 0 Å². The third kappa shape index (κ3) is 2.03. The van der Waals surface area contributed by atoms with Crippen LogP contribution in [0.3, 0.4) is 0 Å².